The van der Waals surface area contributed by atoms with Crippen LogP contribution in [0.2, 0.25) is 0 Å². The molecule has 1 aliphatic rings. The highest BCUT2D eigenvalue weighted by Gasteiger charge is 2.39. The lowest BCUT2D eigenvalue weighted by Gasteiger charge is -2.31. The molecule has 2 aromatic rings. The summed E-state index contributed by atoms with van der Waals surface area (Å²) >= 11 is 0. The van der Waals surface area contributed by atoms with E-state index in [9.17, 15) is 9.90 Å². The molecule has 0 radical (unpaired) electrons. The summed E-state index contributed by atoms with van der Waals surface area (Å²) in [7, 11) is 0. The van der Waals surface area contributed by atoms with E-state index in [1.165, 1.54) is 5.56 Å². The number of aliphatic hydroxyl groups is 1. The van der Waals surface area contributed by atoms with Crippen LogP contribution in [0.4, 0.5) is 4.79 Å². The smallest absolute Gasteiger partial charge is 0.411 e. The number of hydrogen-bond acceptors (Lipinski definition) is 4. The highest BCUT2D eigenvalue weighted by atomic mass is 16.6. The van der Waals surface area contributed by atoms with E-state index in [1.807, 2.05) is 69.3 Å². The molecule has 5 heteroatoms. The van der Waals surface area contributed by atoms with Crippen LogP contribution in [-0.2, 0) is 11.3 Å². The summed E-state index contributed by atoms with van der Waals surface area (Å²) in [6, 6.07) is 19.4. The molecule has 0 unspecified atom stereocenters. The molecular formula is C25H30N2O3. The topological polar surface area (TPSA) is 53.0 Å². The van der Waals surface area contributed by atoms with Crippen LogP contribution in [0.5, 0.6) is 0 Å². The van der Waals surface area contributed by atoms with E-state index in [0.29, 0.717) is 13.1 Å². The Labute approximate surface area is 179 Å². The summed E-state index contributed by atoms with van der Waals surface area (Å²) < 4.78 is 5.61. The molecule has 2 aromatic carbocycles. The molecule has 1 aliphatic heterocycles. The molecule has 1 fully saturated rings. The molecule has 0 aromatic heterocycles. The van der Waals surface area contributed by atoms with Crippen molar-refractivity contribution in [2.24, 2.45) is 0 Å². The third-order valence-corrected chi connectivity index (χ3v) is 4.87. The second-order valence-corrected chi connectivity index (χ2v) is 8.59. The molecule has 158 valence electrons. The average Bonchev–Trinajstić information content (AvgIpc) is 3.05. The van der Waals surface area contributed by atoms with Crippen LogP contribution < -0.4 is 0 Å². The number of likely N-dealkylation sites (tertiary alicyclic amines) is 1. The van der Waals surface area contributed by atoms with Crippen LogP contribution in [0, 0.1) is 11.8 Å². The van der Waals surface area contributed by atoms with Gasteiger partial charge in [-0.05, 0) is 38.5 Å². The minimum Gasteiger partial charge on any atom is -0.444 e. The molecule has 0 saturated carbocycles. The zero-order valence-electron chi connectivity index (χ0n) is 17.9. The van der Waals surface area contributed by atoms with Crippen molar-refractivity contribution in [3.8, 4) is 11.8 Å². The first-order chi connectivity index (χ1) is 14.3. The lowest BCUT2D eigenvalue weighted by molar-refractivity contribution is 0.00758. The molecule has 30 heavy (non-hydrogen) atoms. The van der Waals surface area contributed by atoms with Gasteiger partial charge < -0.3 is 9.84 Å². The SMILES string of the molecule is CC(C)(C)OC(=O)N(CC#Cc1ccccc1)[C@H]1CN(Cc2ccccc2)C[C@@H]1O. The van der Waals surface area contributed by atoms with Crippen LogP contribution in [-0.4, -0.2) is 58.4 Å². The van der Waals surface area contributed by atoms with E-state index in [1.54, 1.807) is 4.90 Å². The zero-order valence-corrected chi connectivity index (χ0v) is 17.9. The highest BCUT2D eigenvalue weighted by molar-refractivity contribution is 5.69. The first kappa shape index (κ1) is 21.9. The van der Waals surface area contributed by atoms with Crippen LogP contribution in [0.25, 0.3) is 0 Å². The number of nitrogens with zero attached hydrogens (tertiary/aromatic N) is 2. The third kappa shape index (κ3) is 6.35. The van der Waals surface area contributed by atoms with Crippen molar-refractivity contribution < 1.29 is 14.6 Å². The van der Waals surface area contributed by atoms with Crippen LogP contribution in [0.3, 0.4) is 0 Å². The van der Waals surface area contributed by atoms with Crippen molar-refractivity contribution >= 4 is 6.09 Å². The molecule has 1 heterocycles. The van der Waals surface area contributed by atoms with Gasteiger partial charge in [0.05, 0.1) is 18.7 Å². The van der Waals surface area contributed by atoms with E-state index >= 15 is 0 Å². The molecule has 0 bridgehead atoms. The Hall–Kier alpha value is -2.81. The fourth-order valence-corrected chi connectivity index (χ4v) is 3.51. The van der Waals surface area contributed by atoms with Crippen LogP contribution >= 0.6 is 0 Å². The number of ether oxygens (including phenoxy) is 1. The monoisotopic (exact) mass is 406 g/mol. The predicted molar refractivity (Wildman–Crippen MR) is 118 cm³/mol. The number of carbonyl (C=O) groups excluding carboxylic acids is 1. The van der Waals surface area contributed by atoms with E-state index in [4.69, 9.17) is 4.74 Å². The van der Waals surface area contributed by atoms with Gasteiger partial charge in [-0.2, -0.15) is 0 Å². The second-order valence-electron chi connectivity index (χ2n) is 8.59. The van der Waals surface area contributed by atoms with Crippen LogP contribution in [0.15, 0.2) is 60.7 Å². The van der Waals surface area contributed by atoms with Gasteiger partial charge in [-0.15, -0.1) is 0 Å². The minimum absolute atomic E-state index is 0.199. The van der Waals surface area contributed by atoms with Gasteiger partial charge in [0, 0.05) is 25.2 Å². The van der Waals surface area contributed by atoms with E-state index < -0.39 is 17.8 Å². The van der Waals surface area contributed by atoms with Crippen molar-refractivity contribution in [3.63, 3.8) is 0 Å². The summed E-state index contributed by atoms with van der Waals surface area (Å²) in [6.07, 6.45) is -1.10. The average molecular weight is 407 g/mol. The summed E-state index contributed by atoms with van der Waals surface area (Å²) in [4.78, 5) is 16.6. The maximum atomic E-state index is 12.9. The number of benzene rings is 2. The highest BCUT2D eigenvalue weighted by Crippen LogP contribution is 2.21. The zero-order chi connectivity index (χ0) is 21.6. The Kier molecular flexibility index (Phi) is 7.15. The van der Waals surface area contributed by atoms with Crippen molar-refractivity contribution in [3.05, 3.63) is 71.8 Å². The predicted octanol–water partition coefficient (Wildman–Crippen LogP) is 3.52. The van der Waals surface area contributed by atoms with Gasteiger partial charge in [-0.25, -0.2) is 4.79 Å². The first-order valence-corrected chi connectivity index (χ1v) is 10.3. The maximum absolute atomic E-state index is 12.9. The number of aliphatic hydroxyl groups excluding tert-OH is 1. The largest absolute Gasteiger partial charge is 0.444 e. The van der Waals surface area contributed by atoms with Gasteiger partial charge in [0.15, 0.2) is 0 Å². The Bertz CT molecular complexity index is 881. The van der Waals surface area contributed by atoms with Crippen LogP contribution in [0.1, 0.15) is 31.9 Å². The van der Waals surface area contributed by atoms with Gasteiger partial charge in [-0.3, -0.25) is 9.80 Å². The molecular weight excluding hydrogens is 376 g/mol. The molecule has 1 N–H and O–H groups in total. The van der Waals surface area contributed by atoms with Gasteiger partial charge in [0.1, 0.15) is 5.60 Å². The minimum atomic E-state index is -0.653. The van der Waals surface area contributed by atoms with Gasteiger partial charge in [0.25, 0.3) is 0 Å². The normalized spacial score (nSPS) is 19.1. The molecule has 0 aliphatic carbocycles. The molecule has 0 spiro atoms. The van der Waals surface area contributed by atoms with E-state index in [0.717, 1.165) is 12.1 Å². The summed E-state index contributed by atoms with van der Waals surface area (Å²) in [6.45, 7) is 7.52. The Balaban J connectivity index is 1.73. The quantitative estimate of drug-likeness (QED) is 0.790. The lowest BCUT2D eigenvalue weighted by Crippen LogP contribution is -2.49. The number of rotatable bonds is 4. The number of amides is 1. The van der Waals surface area contributed by atoms with Gasteiger partial charge >= 0.3 is 6.09 Å². The van der Waals surface area contributed by atoms with Crippen molar-refractivity contribution in [1.82, 2.24) is 9.80 Å². The molecule has 5 nitrogen and oxygen atoms in total. The molecule has 1 amide bonds. The molecule has 3 rings (SSSR count). The molecule has 2 atom stereocenters. The number of carbonyl (C=O) groups is 1. The van der Waals surface area contributed by atoms with Crippen molar-refractivity contribution in [2.75, 3.05) is 19.6 Å². The maximum Gasteiger partial charge on any atom is 0.411 e. The fourth-order valence-electron chi connectivity index (χ4n) is 3.51. The molecule has 1 saturated heterocycles. The van der Waals surface area contributed by atoms with Gasteiger partial charge in [-0.1, -0.05) is 60.4 Å². The standard InChI is InChI=1S/C25H30N2O3/c1-25(2,3)30-24(29)27(16-10-15-20-11-6-4-7-12-20)22-18-26(19-23(22)28)17-21-13-8-5-9-14-21/h4-9,11-14,22-23,28H,16-19H2,1-3H3/t22-,23-/m0/s1. The lowest BCUT2D eigenvalue weighted by atomic mass is 10.1. The number of β-amino-alcohol motifs (C(OH)–C–C–N with tert-alkyl or cyclic N) is 1. The van der Waals surface area contributed by atoms with Crippen molar-refractivity contribution in [1.29, 1.82) is 0 Å². The fraction of sp³-hybridized carbons (Fsp3) is 0.400. The summed E-state index contributed by atoms with van der Waals surface area (Å²) in [5.74, 6) is 6.16. The van der Waals surface area contributed by atoms with E-state index in [2.05, 4.69) is 28.9 Å². The Morgan fingerprint density at radius 1 is 1.10 bits per heavy atom. The van der Waals surface area contributed by atoms with Crippen molar-refractivity contribution in [2.45, 2.75) is 45.1 Å². The summed E-state index contributed by atoms with van der Waals surface area (Å²) in [5, 5.41) is 10.7. The Morgan fingerprint density at radius 2 is 1.73 bits per heavy atom. The second kappa shape index (κ2) is 9.80. The first-order valence-electron chi connectivity index (χ1n) is 10.3. The number of hydrogen-bond donors (Lipinski definition) is 1. The van der Waals surface area contributed by atoms with E-state index in [-0.39, 0.29) is 12.6 Å². The Morgan fingerprint density at radius 3 is 2.37 bits per heavy atom. The van der Waals surface area contributed by atoms with Gasteiger partial charge in [0.2, 0.25) is 0 Å². The third-order valence-electron chi connectivity index (χ3n) is 4.87. The summed E-state index contributed by atoms with van der Waals surface area (Å²) in [5.41, 5.74) is 1.45.